The molecule has 1 heterocycles. The van der Waals surface area contributed by atoms with Crippen LogP contribution >= 0.6 is 0 Å². The van der Waals surface area contributed by atoms with Gasteiger partial charge in [0.25, 0.3) is 0 Å². The quantitative estimate of drug-likeness (QED) is 0.816. The molecule has 0 radical (unpaired) electrons. The second kappa shape index (κ2) is 7.84. The zero-order chi connectivity index (χ0) is 17.0. The third-order valence-corrected chi connectivity index (χ3v) is 4.15. The molecule has 128 valence electrons. The van der Waals surface area contributed by atoms with Gasteiger partial charge in [0.05, 0.1) is 5.56 Å². The Bertz CT molecular complexity index is 557. The SMILES string of the molecule is CC(=O)c1c(F)cc(F)cc1OC[C@H](O)CN1CCC(C)CC1. The third kappa shape index (κ3) is 4.97. The summed E-state index contributed by atoms with van der Waals surface area (Å²) >= 11 is 0. The smallest absolute Gasteiger partial charge is 0.166 e. The molecule has 6 heteroatoms. The Hall–Kier alpha value is -1.53. The minimum Gasteiger partial charge on any atom is -0.490 e. The summed E-state index contributed by atoms with van der Waals surface area (Å²) in [6, 6.07) is 1.62. The number of likely N-dealkylation sites (tertiary alicyclic amines) is 1. The Morgan fingerprint density at radius 2 is 2.04 bits per heavy atom. The summed E-state index contributed by atoms with van der Waals surface area (Å²) in [5.41, 5.74) is -0.287. The average molecular weight is 327 g/mol. The lowest BCUT2D eigenvalue weighted by molar-refractivity contribution is 0.0556. The monoisotopic (exact) mass is 327 g/mol. The van der Waals surface area contributed by atoms with E-state index in [1.165, 1.54) is 6.92 Å². The molecule has 0 saturated carbocycles. The van der Waals surface area contributed by atoms with Crippen molar-refractivity contribution < 1.29 is 23.4 Å². The number of benzene rings is 1. The van der Waals surface area contributed by atoms with E-state index in [4.69, 9.17) is 4.74 Å². The van der Waals surface area contributed by atoms with Gasteiger partial charge in [0, 0.05) is 18.7 Å². The third-order valence-electron chi connectivity index (χ3n) is 4.15. The van der Waals surface area contributed by atoms with Gasteiger partial charge in [0.15, 0.2) is 5.78 Å². The Balaban J connectivity index is 1.93. The molecule has 1 aliphatic heterocycles. The number of carbonyl (C=O) groups is 1. The summed E-state index contributed by atoms with van der Waals surface area (Å²) in [5.74, 6) is -1.78. The minimum absolute atomic E-state index is 0.116. The van der Waals surface area contributed by atoms with Crippen molar-refractivity contribution in [3.05, 3.63) is 29.3 Å². The van der Waals surface area contributed by atoms with E-state index >= 15 is 0 Å². The highest BCUT2D eigenvalue weighted by molar-refractivity contribution is 5.97. The van der Waals surface area contributed by atoms with Crippen LogP contribution < -0.4 is 4.74 Å². The van der Waals surface area contributed by atoms with E-state index in [1.807, 2.05) is 0 Å². The maximum absolute atomic E-state index is 13.7. The van der Waals surface area contributed by atoms with Crippen LogP contribution in [0.15, 0.2) is 12.1 Å². The largest absolute Gasteiger partial charge is 0.490 e. The van der Waals surface area contributed by atoms with E-state index < -0.39 is 23.5 Å². The van der Waals surface area contributed by atoms with Gasteiger partial charge in [-0.2, -0.15) is 0 Å². The van der Waals surface area contributed by atoms with Crippen LogP contribution in [0.25, 0.3) is 0 Å². The van der Waals surface area contributed by atoms with Crippen molar-refractivity contribution in [1.29, 1.82) is 0 Å². The van der Waals surface area contributed by atoms with Gasteiger partial charge in [-0.05, 0) is 38.8 Å². The highest BCUT2D eigenvalue weighted by Gasteiger charge is 2.20. The standard InChI is InChI=1S/C17H23F2NO3/c1-11-3-5-20(6-4-11)9-14(22)10-23-16-8-13(18)7-15(19)17(16)12(2)21/h7-8,11,14,22H,3-6,9-10H2,1-2H3/t14-/m1/s1. The Morgan fingerprint density at radius 1 is 1.39 bits per heavy atom. The predicted molar refractivity (Wildman–Crippen MR) is 82.7 cm³/mol. The van der Waals surface area contributed by atoms with Crippen LogP contribution in [0.4, 0.5) is 8.78 Å². The van der Waals surface area contributed by atoms with Gasteiger partial charge in [0.2, 0.25) is 0 Å². The second-order valence-corrected chi connectivity index (χ2v) is 6.26. The number of aliphatic hydroxyl groups excluding tert-OH is 1. The molecule has 23 heavy (non-hydrogen) atoms. The highest BCUT2D eigenvalue weighted by Crippen LogP contribution is 2.24. The number of Topliss-reactive ketones (excluding diaryl/α,β-unsaturated/α-hetero) is 1. The first kappa shape index (κ1) is 17.8. The molecule has 1 atom stereocenters. The van der Waals surface area contributed by atoms with Crippen LogP contribution in [-0.2, 0) is 0 Å². The van der Waals surface area contributed by atoms with Gasteiger partial charge < -0.3 is 14.7 Å². The van der Waals surface area contributed by atoms with E-state index in [-0.39, 0.29) is 17.9 Å². The van der Waals surface area contributed by atoms with Crippen molar-refractivity contribution in [1.82, 2.24) is 4.90 Å². The van der Waals surface area contributed by atoms with E-state index in [9.17, 15) is 18.7 Å². The zero-order valence-electron chi connectivity index (χ0n) is 13.5. The first-order valence-electron chi connectivity index (χ1n) is 7.90. The number of aliphatic hydroxyl groups is 1. The van der Waals surface area contributed by atoms with Crippen LogP contribution in [0.2, 0.25) is 0 Å². The van der Waals surface area contributed by atoms with Gasteiger partial charge in [-0.15, -0.1) is 0 Å². The van der Waals surface area contributed by atoms with Gasteiger partial charge in [-0.25, -0.2) is 8.78 Å². The van der Waals surface area contributed by atoms with Crippen molar-refractivity contribution in [3.8, 4) is 5.75 Å². The first-order chi connectivity index (χ1) is 10.9. The summed E-state index contributed by atoms with van der Waals surface area (Å²) in [4.78, 5) is 13.6. The lowest BCUT2D eigenvalue weighted by Crippen LogP contribution is -2.40. The van der Waals surface area contributed by atoms with Crippen molar-refractivity contribution in [2.24, 2.45) is 5.92 Å². The minimum atomic E-state index is -0.952. The molecule has 1 saturated heterocycles. The number of hydrogen-bond donors (Lipinski definition) is 1. The Kier molecular flexibility index (Phi) is 6.07. The van der Waals surface area contributed by atoms with Crippen LogP contribution in [0.1, 0.15) is 37.0 Å². The van der Waals surface area contributed by atoms with Crippen LogP contribution in [0.5, 0.6) is 5.75 Å². The highest BCUT2D eigenvalue weighted by atomic mass is 19.1. The fourth-order valence-corrected chi connectivity index (χ4v) is 2.79. The Labute approximate surface area is 135 Å². The maximum atomic E-state index is 13.7. The van der Waals surface area contributed by atoms with E-state index in [0.29, 0.717) is 18.5 Å². The summed E-state index contributed by atoms with van der Waals surface area (Å²) in [6.07, 6.45) is 1.41. The molecule has 0 unspecified atom stereocenters. The number of piperidine rings is 1. The predicted octanol–water partition coefficient (Wildman–Crippen LogP) is 2.64. The number of ether oxygens (including phenoxy) is 1. The average Bonchev–Trinajstić information content (AvgIpc) is 2.46. The fraction of sp³-hybridized carbons (Fsp3) is 0.588. The number of halogens is 2. The fourth-order valence-electron chi connectivity index (χ4n) is 2.79. The molecule has 2 rings (SSSR count). The van der Waals surface area contributed by atoms with Gasteiger partial charge in [0.1, 0.15) is 30.1 Å². The van der Waals surface area contributed by atoms with Crippen molar-refractivity contribution >= 4 is 5.78 Å². The summed E-state index contributed by atoms with van der Waals surface area (Å²) in [5, 5.41) is 10.1. The Morgan fingerprint density at radius 3 is 2.65 bits per heavy atom. The molecule has 0 amide bonds. The van der Waals surface area contributed by atoms with Crippen LogP contribution in [0, 0.1) is 17.6 Å². The number of ketones is 1. The van der Waals surface area contributed by atoms with E-state index in [0.717, 1.165) is 32.0 Å². The molecule has 1 aromatic carbocycles. The number of β-amino-alcohol motifs (C(OH)–C–C–N with tert-alkyl or cyclic N) is 1. The van der Waals surface area contributed by atoms with Gasteiger partial charge in [-0.1, -0.05) is 6.92 Å². The molecule has 1 aromatic rings. The summed E-state index contributed by atoms with van der Waals surface area (Å²) < 4.78 is 32.3. The van der Waals surface area contributed by atoms with E-state index in [2.05, 4.69) is 11.8 Å². The number of hydrogen-bond acceptors (Lipinski definition) is 4. The molecule has 0 aromatic heterocycles. The maximum Gasteiger partial charge on any atom is 0.166 e. The summed E-state index contributed by atoms with van der Waals surface area (Å²) in [6.45, 7) is 5.57. The summed E-state index contributed by atoms with van der Waals surface area (Å²) in [7, 11) is 0. The number of nitrogens with zero attached hydrogens (tertiary/aromatic N) is 1. The van der Waals surface area contributed by atoms with Crippen LogP contribution in [0.3, 0.4) is 0 Å². The molecule has 0 spiro atoms. The van der Waals surface area contributed by atoms with Gasteiger partial charge in [-0.3, -0.25) is 4.79 Å². The number of rotatable bonds is 6. The van der Waals surface area contributed by atoms with Crippen molar-refractivity contribution in [2.45, 2.75) is 32.8 Å². The van der Waals surface area contributed by atoms with E-state index in [1.54, 1.807) is 0 Å². The molecule has 1 N–H and O–H groups in total. The van der Waals surface area contributed by atoms with Crippen LogP contribution in [-0.4, -0.2) is 48.1 Å². The topological polar surface area (TPSA) is 49.8 Å². The molecule has 0 bridgehead atoms. The van der Waals surface area contributed by atoms with Crippen molar-refractivity contribution in [2.75, 3.05) is 26.2 Å². The molecule has 1 aliphatic rings. The molecule has 4 nitrogen and oxygen atoms in total. The lowest BCUT2D eigenvalue weighted by atomic mass is 9.99. The molecular weight excluding hydrogens is 304 g/mol. The lowest BCUT2D eigenvalue weighted by Gasteiger charge is -2.31. The molecular formula is C17H23F2NO3. The normalized spacial score (nSPS) is 18.0. The molecule has 1 fully saturated rings. The van der Waals surface area contributed by atoms with Gasteiger partial charge >= 0.3 is 0 Å². The first-order valence-corrected chi connectivity index (χ1v) is 7.90. The number of carbonyl (C=O) groups excluding carboxylic acids is 1. The zero-order valence-corrected chi connectivity index (χ0v) is 13.5. The van der Waals surface area contributed by atoms with Crippen molar-refractivity contribution in [3.63, 3.8) is 0 Å². The second-order valence-electron chi connectivity index (χ2n) is 6.26. The molecule has 0 aliphatic carbocycles.